The number of hydrogen-bond acceptors (Lipinski definition) is 7. The number of hydrogen-bond donors (Lipinski definition) is 0. The number of aryl methyl sites for hydroxylation is 1. The molecule has 0 N–H and O–H groups in total. The quantitative estimate of drug-likeness (QED) is 0.238. The number of morpholine rings is 1. The molecule has 8 nitrogen and oxygen atoms in total. The zero-order chi connectivity index (χ0) is 22.1. The molecule has 2 aromatic carbocycles. The molecule has 0 saturated carbocycles. The summed E-state index contributed by atoms with van der Waals surface area (Å²) in [6.07, 6.45) is 0. The van der Waals surface area contributed by atoms with Crippen LogP contribution in [0.25, 0.3) is 10.9 Å². The van der Waals surface area contributed by atoms with Crippen LogP contribution in [0.4, 0.5) is 11.4 Å². The first kappa shape index (κ1) is 21.3. The van der Waals surface area contributed by atoms with Gasteiger partial charge in [-0.2, -0.15) is 0 Å². The third-order valence-corrected chi connectivity index (χ3v) is 5.53. The first-order chi connectivity index (χ1) is 14.8. The van der Waals surface area contributed by atoms with Crippen LogP contribution in [0.2, 0.25) is 10.0 Å². The van der Waals surface area contributed by atoms with Crippen molar-refractivity contribution in [1.29, 1.82) is 0 Å². The monoisotopic (exact) mass is 461 g/mol. The molecule has 3 aromatic rings. The summed E-state index contributed by atoms with van der Waals surface area (Å²) in [7, 11) is 0. The van der Waals surface area contributed by atoms with E-state index in [2.05, 4.69) is 4.98 Å². The minimum Gasteiger partial charge on any atom is -0.419 e. The summed E-state index contributed by atoms with van der Waals surface area (Å²) in [4.78, 5) is 30.2. The standard InChI is InChI=1S/C21H17Cl2N3O5/c1-12-2-4-14-15(22)11-16(23)20(19(14)24-12)31-21(27)13-3-5-17(18(10-13)26(28)29)25-6-8-30-9-7-25/h2-5,10-11H,6-9H2,1H3. The van der Waals surface area contributed by atoms with Gasteiger partial charge in [-0.05, 0) is 37.3 Å². The van der Waals surface area contributed by atoms with Gasteiger partial charge < -0.3 is 14.4 Å². The van der Waals surface area contributed by atoms with Crippen molar-refractivity contribution < 1.29 is 19.2 Å². The molecular formula is C21H17Cl2N3O5. The average Bonchev–Trinajstić information content (AvgIpc) is 2.76. The largest absolute Gasteiger partial charge is 0.419 e. The molecule has 1 aromatic heterocycles. The maximum atomic E-state index is 12.8. The Balaban J connectivity index is 1.70. The maximum absolute atomic E-state index is 12.8. The molecule has 1 aliphatic rings. The fraction of sp³-hybridized carbons (Fsp3) is 0.238. The van der Waals surface area contributed by atoms with E-state index in [9.17, 15) is 14.9 Å². The Morgan fingerprint density at radius 3 is 2.61 bits per heavy atom. The van der Waals surface area contributed by atoms with Gasteiger partial charge in [0.25, 0.3) is 5.69 Å². The number of anilines is 1. The minimum absolute atomic E-state index is 0.0236. The number of fused-ring (bicyclic) bond motifs is 1. The van der Waals surface area contributed by atoms with Gasteiger partial charge in [0, 0.05) is 30.2 Å². The number of aromatic nitrogens is 1. The number of rotatable bonds is 4. The van der Waals surface area contributed by atoms with E-state index in [4.69, 9.17) is 32.7 Å². The highest BCUT2D eigenvalue weighted by Crippen LogP contribution is 2.38. The summed E-state index contributed by atoms with van der Waals surface area (Å²) in [5, 5.41) is 12.7. The lowest BCUT2D eigenvalue weighted by Gasteiger charge is -2.28. The predicted octanol–water partition coefficient (Wildman–Crippen LogP) is 4.81. The average molecular weight is 462 g/mol. The smallest absolute Gasteiger partial charge is 0.343 e. The Labute approximate surface area is 187 Å². The molecule has 0 radical (unpaired) electrons. The van der Waals surface area contributed by atoms with Crippen LogP contribution in [0, 0.1) is 17.0 Å². The number of nitro benzene ring substituents is 1. The van der Waals surface area contributed by atoms with Gasteiger partial charge in [0.1, 0.15) is 11.2 Å². The van der Waals surface area contributed by atoms with E-state index >= 15 is 0 Å². The van der Waals surface area contributed by atoms with Crippen molar-refractivity contribution in [3.8, 4) is 5.75 Å². The number of benzene rings is 2. The van der Waals surface area contributed by atoms with Crippen LogP contribution in [-0.4, -0.2) is 42.2 Å². The molecule has 1 aliphatic heterocycles. The van der Waals surface area contributed by atoms with Crippen LogP contribution < -0.4 is 9.64 Å². The second-order valence-electron chi connectivity index (χ2n) is 6.97. The summed E-state index contributed by atoms with van der Waals surface area (Å²) < 4.78 is 10.8. The summed E-state index contributed by atoms with van der Waals surface area (Å²) in [5.41, 5.74) is 1.30. The van der Waals surface area contributed by atoms with Crippen molar-refractivity contribution in [3.05, 3.63) is 67.8 Å². The Morgan fingerprint density at radius 1 is 1.16 bits per heavy atom. The summed E-state index contributed by atoms with van der Waals surface area (Å²) in [6.45, 7) is 3.81. The molecule has 2 heterocycles. The van der Waals surface area contributed by atoms with Crippen molar-refractivity contribution in [1.82, 2.24) is 4.98 Å². The molecule has 0 aliphatic carbocycles. The second-order valence-corrected chi connectivity index (χ2v) is 7.78. The molecule has 1 fully saturated rings. The van der Waals surface area contributed by atoms with Gasteiger partial charge in [0.15, 0.2) is 5.75 Å². The van der Waals surface area contributed by atoms with Crippen LogP contribution >= 0.6 is 23.2 Å². The molecule has 1 saturated heterocycles. The number of carbonyl (C=O) groups excluding carboxylic acids is 1. The minimum atomic E-state index is -0.787. The summed E-state index contributed by atoms with van der Waals surface area (Å²) in [5.74, 6) is -0.736. The van der Waals surface area contributed by atoms with Gasteiger partial charge in [0.05, 0.1) is 33.7 Å². The van der Waals surface area contributed by atoms with Gasteiger partial charge in [-0.15, -0.1) is 0 Å². The first-order valence-corrected chi connectivity index (χ1v) is 10.2. The maximum Gasteiger partial charge on any atom is 0.343 e. The van der Waals surface area contributed by atoms with Gasteiger partial charge >= 0.3 is 5.97 Å². The Kier molecular flexibility index (Phi) is 5.95. The van der Waals surface area contributed by atoms with Crippen LogP contribution in [0.3, 0.4) is 0 Å². The molecule has 160 valence electrons. The summed E-state index contributed by atoms with van der Waals surface area (Å²) >= 11 is 12.5. The topological polar surface area (TPSA) is 94.8 Å². The van der Waals surface area contributed by atoms with Crippen molar-refractivity contribution in [2.45, 2.75) is 6.92 Å². The van der Waals surface area contributed by atoms with E-state index in [1.54, 1.807) is 25.1 Å². The third kappa shape index (κ3) is 4.27. The molecule has 31 heavy (non-hydrogen) atoms. The Hall–Kier alpha value is -2.94. The van der Waals surface area contributed by atoms with E-state index in [0.29, 0.717) is 53.6 Å². The van der Waals surface area contributed by atoms with E-state index in [-0.39, 0.29) is 22.0 Å². The second kappa shape index (κ2) is 8.66. The molecule has 10 heteroatoms. The first-order valence-electron chi connectivity index (χ1n) is 9.44. The zero-order valence-corrected chi connectivity index (χ0v) is 17.9. The fourth-order valence-electron chi connectivity index (χ4n) is 3.41. The molecule has 0 spiro atoms. The highest BCUT2D eigenvalue weighted by Gasteiger charge is 2.25. The predicted molar refractivity (Wildman–Crippen MR) is 118 cm³/mol. The lowest BCUT2D eigenvalue weighted by Crippen LogP contribution is -2.36. The number of halogens is 2. The van der Waals surface area contributed by atoms with Gasteiger partial charge in [0.2, 0.25) is 0 Å². The normalized spacial score (nSPS) is 14.0. The number of nitro groups is 1. The fourth-order valence-corrected chi connectivity index (χ4v) is 3.96. The van der Waals surface area contributed by atoms with Crippen molar-refractivity contribution in [2.75, 3.05) is 31.2 Å². The van der Waals surface area contributed by atoms with Gasteiger partial charge in [-0.3, -0.25) is 10.1 Å². The highest BCUT2D eigenvalue weighted by molar-refractivity contribution is 6.39. The van der Waals surface area contributed by atoms with E-state index < -0.39 is 10.9 Å². The SMILES string of the molecule is Cc1ccc2c(Cl)cc(Cl)c(OC(=O)c3ccc(N4CCOCC4)c([N+](=O)[O-])c3)c2n1. The van der Waals surface area contributed by atoms with Crippen molar-refractivity contribution in [2.24, 2.45) is 0 Å². The molecular weight excluding hydrogens is 445 g/mol. The highest BCUT2D eigenvalue weighted by atomic mass is 35.5. The van der Waals surface area contributed by atoms with Crippen molar-refractivity contribution in [3.63, 3.8) is 0 Å². The van der Waals surface area contributed by atoms with Crippen LogP contribution in [0.5, 0.6) is 5.75 Å². The van der Waals surface area contributed by atoms with Gasteiger partial charge in [-0.1, -0.05) is 23.2 Å². The Morgan fingerprint density at radius 2 is 1.90 bits per heavy atom. The molecule has 4 rings (SSSR count). The van der Waals surface area contributed by atoms with Crippen LogP contribution in [0.1, 0.15) is 16.1 Å². The van der Waals surface area contributed by atoms with E-state index in [1.165, 1.54) is 18.2 Å². The third-order valence-electron chi connectivity index (χ3n) is 4.93. The summed E-state index contributed by atoms with van der Waals surface area (Å²) in [6, 6.07) is 9.25. The number of carbonyl (C=O) groups is 1. The van der Waals surface area contributed by atoms with Gasteiger partial charge in [-0.25, -0.2) is 9.78 Å². The van der Waals surface area contributed by atoms with E-state index in [1.807, 2.05) is 4.90 Å². The number of ether oxygens (including phenoxy) is 2. The number of esters is 1. The number of nitrogens with zero attached hydrogens (tertiary/aromatic N) is 3. The molecule has 0 amide bonds. The van der Waals surface area contributed by atoms with Crippen molar-refractivity contribution >= 4 is 51.4 Å². The molecule has 0 unspecified atom stereocenters. The zero-order valence-electron chi connectivity index (χ0n) is 16.4. The lowest BCUT2D eigenvalue weighted by molar-refractivity contribution is -0.384. The van der Waals surface area contributed by atoms with E-state index in [0.717, 1.165) is 0 Å². The Bertz CT molecular complexity index is 1200. The van der Waals surface area contributed by atoms with Crippen LogP contribution in [-0.2, 0) is 4.74 Å². The molecule has 0 atom stereocenters. The van der Waals surface area contributed by atoms with Crippen LogP contribution in [0.15, 0.2) is 36.4 Å². The number of pyridine rings is 1. The lowest BCUT2D eigenvalue weighted by atomic mass is 10.1. The molecule has 0 bridgehead atoms.